The molecule has 0 aliphatic carbocycles. The number of rotatable bonds is 4. The van der Waals surface area contributed by atoms with Crippen LogP contribution in [-0.4, -0.2) is 6.61 Å². The van der Waals surface area contributed by atoms with E-state index in [1.165, 1.54) is 16.7 Å². The fourth-order valence-electron chi connectivity index (χ4n) is 2.64. The van der Waals surface area contributed by atoms with Gasteiger partial charge in [-0.1, -0.05) is 49.4 Å². The minimum absolute atomic E-state index is 0.254. The molecule has 1 heterocycles. The Morgan fingerprint density at radius 2 is 1.79 bits per heavy atom. The van der Waals surface area contributed by atoms with Crippen LogP contribution in [-0.2, 0) is 6.54 Å². The number of para-hydroxylation sites is 1. The quantitative estimate of drug-likeness (QED) is 0.897. The average Bonchev–Trinajstić information content (AvgIpc) is 2.89. The zero-order chi connectivity index (χ0) is 13.1. The summed E-state index contributed by atoms with van der Waals surface area (Å²) in [7, 11) is 0. The second-order valence-electron chi connectivity index (χ2n) is 4.90. The third-order valence-electron chi connectivity index (χ3n) is 3.55. The summed E-state index contributed by atoms with van der Waals surface area (Å²) in [6.07, 6.45) is 1.03. The molecule has 1 N–H and O–H groups in total. The van der Waals surface area contributed by atoms with E-state index >= 15 is 0 Å². The van der Waals surface area contributed by atoms with Gasteiger partial charge >= 0.3 is 0 Å². The molecule has 1 aliphatic heterocycles. The van der Waals surface area contributed by atoms with Gasteiger partial charge in [-0.05, 0) is 23.6 Å². The van der Waals surface area contributed by atoms with E-state index in [2.05, 4.69) is 54.7 Å². The molecular weight excluding hydrogens is 234 g/mol. The van der Waals surface area contributed by atoms with Gasteiger partial charge in [0.05, 0.1) is 12.6 Å². The largest absolute Gasteiger partial charge is 0.493 e. The molecule has 2 nitrogen and oxygen atoms in total. The first-order valence-electron chi connectivity index (χ1n) is 6.93. The van der Waals surface area contributed by atoms with Gasteiger partial charge in [-0.25, -0.2) is 0 Å². The minimum Gasteiger partial charge on any atom is -0.493 e. The monoisotopic (exact) mass is 253 g/mol. The molecule has 0 fully saturated rings. The molecule has 0 saturated heterocycles. The Kier molecular flexibility index (Phi) is 3.51. The topological polar surface area (TPSA) is 21.3 Å². The van der Waals surface area contributed by atoms with E-state index in [-0.39, 0.29) is 6.04 Å². The fraction of sp³-hybridized carbons (Fsp3) is 0.294. The van der Waals surface area contributed by atoms with Crippen molar-refractivity contribution >= 4 is 0 Å². The highest BCUT2D eigenvalue weighted by atomic mass is 16.5. The summed E-state index contributed by atoms with van der Waals surface area (Å²) in [6.45, 7) is 3.83. The molecule has 0 saturated carbocycles. The Hall–Kier alpha value is -1.80. The van der Waals surface area contributed by atoms with Crippen molar-refractivity contribution in [3.8, 4) is 5.75 Å². The van der Waals surface area contributed by atoms with Crippen LogP contribution in [0.5, 0.6) is 5.75 Å². The molecule has 2 heteroatoms. The van der Waals surface area contributed by atoms with E-state index in [0.717, 1.165) is 25.3 Å². The molecule has 0 amide bonds. The van der Waals surface area contributed by atoms with Gasteiger partial charge in [0.25, 0.3) is 0 Å². The third kappa shape index (κ3) is 2.36. The maximum atomic E-state index is 5.87. The summed E-state index contributed by atoms with van der Waals surface area (Å²) in [5, 5.41) is 3.58. The predicted octanol–water partition coefficient (Wildman–Crippen LogP) is 3.67. The van der Waals surface area contributed by atoms with Crippen molar-refractivity contribution in [2.24, 2.45) is 0 Å². The van der Waals surface area contributed by atoms with Gasteiger partial charge in [0.2, 0.25) is 0 Å². The number of fused-ring (bicyclic) bond motifs is 1. The number of hydrogen-bond donors (Lipinski definition) is 1. The van der Waals surface area contributed by atoms with Crippen molar-refractivity contribution in [3.63, 3.8) is 0 Å². The van der Waals surface area contributed by atoms with Gasteiger partial charge in [0, 0.05) is 12.1 Å². The Balaban J connectivity index is 1.95. The van der Waals surface area contributed by atoms with E-state index in [1.807, 2.05) is 6.07 Å². The Morgan fingerprint density at radius 1 is 1.05 bits per heavy atom. The molecule has 2 aromatic carbocycles. The first kappa shape index (κ1) is 12.2. The second-order valence-corrected chi connectivity index (χ2v) is 4.90. The number of ether oxygens (including phenoxy) is 1. The molecule has 98 valence electrons. The van der Waals surface area contributed by atoms with Crippen LogP contribution in [0.2, 0.25) is 0 Å². The lowest BCUT2D eigenvalue weighted by atomic mass is 9.98. The highest BCUT2D eigenvalue weighted by Crippen LogP contribution is 2.35. The van der Waals surface area contributed by atoms with Crippen LogP contribution >= 0.6 is 0 Å². The van der Waals surface area contributed by atoms with E-state index in [0.29, 0.717) is 0 Å². The molecule has 0 bridgehead atoms. The summed E-state index contributed by atoms with van der Waals surface area (Å²) in [4.78, 5) is 0. The predicted molar refractivity (Wildman–Crippen MR) is 77.4 cm³/mol. The SMILES string of the molecule is CCCOc1ccccc1C1NCc2ccccc21. The van der Waals surface area contributed by atoms with Crippen molar-refractivity contribution in [2.75, 3.05) is 6.61 Å². The molecule has 2 aromatic rings. The second kappa shape index (κ2) is 5.45. The van der Waals surface area contributed by atoms with E-state index in [4.69, 9.17) is 4.74 Å². The molecular formula is C17H19NO. The summed E-state index contributed by atoms with van der Waals surface area (Å²) in [5.74, 6) is 0.999. The van der Waals surface area contributed by atoms with Crippen molar-refractivity contribution < 1.29 is 4.74 Å². The summed E-state index contributed by atoms with van der Waals surface area (Å²) < 4.78 is 5.87. The van der Waals surface area contributed by atoms with Crippen LogP contribution in [0.15, 0.2) is 48.5 Å². The van der Waals surface area contributed by atoms with Crippen molar-refractivity contribution in [1.82, 2.24) is 5.32 Å². The maximum Gasteiger partial charge on any atom is 0.124 e. The van der Waals surface area contributed by atoms with Crippen LogP contribution in [0.1, 0.15) is 36.1 Å². The van der Waals surface area contributed by atoms with Crippen LogP contribution in [0.25, 0.3) is 0 Å². The zero-order valence-electron chi connectivity index (χ0n) is 11.2. The molecule has 0 radical (unpaired) electrons. The zero-order valence-corrected chi connectivity index (χ0v) is 11.2. The van der Waals surface area contributed by atoms with Gasteiger partial charge < -0.3 is 10.1 Å². The Bertz CT molecular complexity index is 565. The number of benzene rings is 2. The number of nitrogens with one attached hydrogen (secondary N) is 1. The van der Waals surface area contributed by atoms with Crippen LogP contribution in [0, 0.1) is 0 Å². The molecule has 0 aromatic heterocycles. The maximum absolute atomic E-state index is 5.87. The van der Waals surface area contributed by atoms with E-state index in [9.17, 15) is 0 Å². The highest BCUT2D eigenvalue weighted by molar-refractivity contribution is 5.46. The molecule has 19 heavy (non-hydrogen) atoms. The molecule has 3 rings (SSSR count). The lowest BCUT2D eigenvalue weighted by Gasteiger charge is -2.17. The van der Waals surface area contributed by atoms with Crippen molar-refractivity contribution in [3.05, 3.63) is 65.2 Å². The van der Waals surface area contributed by atoms with Gasteiger partial charge in [0.15, 0.2) is 0 Å². The van der Waals surface area contributed by atoms with Gasteiger partial charge in [-0.3, -0.25) is 0 Å². The lowest BCUT2D eigenvalue weighted by Crippen LogP contribution is -2.14. The average molecular weight is 253 g/mol. The van der Waals surface area contributed by atoms with E-state index in [1.54, 1.807) is 0 Å². The third-order valence-corrected chi connectivity index (χ3v) is 3.55. The van der Waals surface area contributed by atoms with Gasteiger partial charge in [0.1, 0.15) is 5.75 Å². The minimum atomic E-state index is 0.254. The standard InChI is InChI=1S/C17H19NO/c1-2-11-19-16-10-6-5-9-15(16)17-14-8-4-3-7-13(14)12-18-17/h3-10,17-18H,2,11-12H2,1H3. The van der Waals surface area contributed by atoms with Crippen LogP contribution in [0.4, 0.5) is 0 Å². The Labute approximate surface area is 114 Å². The van der Waals surface area contributed by atoms with E-state index < -0.39 is 0 Å². The normalized spacial score (nSPS) is 17.2. The van der Waals surface area contributed by atoms with Crippen molar-refractivity contribution in [1.29, 1.82) is 0 Å². The molecule has 1 unspecified atom stereocenters. The summed E-state index contributed by atoms with van der Waals surface area (Å²) >= 11 is 0. The molecule has 1 atom stereocenters. The Morgan fingerprint density at radius 3 is 2.63 bits per heavy atom. The number of hydrogen-bond acceptors (Lipinski definition) is 2. The molecule has 0 spiro atoms. The fourth-order valence-corrected chi connectivity index (χ4v) is 2.64. The van der Waals surface area contributed by atoms with Crippen LogP contribution < -0.4 is 10.1 Å². The first-order chi connectivity index (χ1) is 9.40. The smallest absolute Gasteiger partial charge is 0.124 e. The lowest BCUT2D eigenvalue weighted by molar-refractivity contribution is 0.312. The first-order valence-corrected chi connectivity index (χ1v) is 6.93. The highest BCUT2D eigenvalue weighted by Gasteiger charge is 2.25. The summed E-state index contributed by atoms with van der Waals surface area (Å²) in [5.41, 5.74) is 3.99. The van der Waals surface area contributed by atoms with Gasteiger partial charge in [-0.15, -0.1) is 0 Å². The van der Waals surface area contributed by atoms with Crippen molar-refractivity contribution in [2.45, 2.75) is 25.9 Å². The summed E-state index contributed by atoms with van der Waals surface area (Å²) in [6, 6.07) is 17.2. The molecule has 1 aliphatic rings. The van der Waals surface area contributed by atoms with Gasteiger partial charge in [-0.2, -0.15) is 0 Å². The van der Waals surface area contributed by atoms with Crippen LogP contribution in [0.3, 0.4) is 0 Å².